The largest absolute Gasteiger partial charge is 0.309 e. The summed E-state index contributed by atoms with van der Waals surface area (Å²) < 4.78 is 5.03. The zero-order chi connectivity index (χ0) is 30.4. The molecule has 5 aromatic carbocycles. The number of thioether (sulfide) groups is 1. The maximum absolute atomic E-state index is 5.00. The molecule has 47 heavy (non-hydrogen) atoms. The van der Waals surface area contributed by atoms with Crippen molar-refractivity contribution < 1.29 is 0 Å². The minimum atomic E-state index is 0.396. The number of hydrogen-bond acceptors (Lipinski definition) is 4. The third-order valence-corrected chi connectivity index (χ3v) is 13.0. The predicted molar refractivity (Wildman–Crippen MR) is 199 cm³/mol. The van der Waals surface area contributed by atoms with Crippen molar-refractivity contribution in [3.8, 4) is 28.2 Å². The summed E-state index contributed by atoms with van der Waals surface area (Å²) in [6.45, 7) is 0. The molecule has 0 saturated heterocycles. The predicted octanol–water partition coefficient (Wildman–Crippen LogP) is 10.7. The van der Waals surface area contributed by atoms with E-state index in [-0.39, 0.29) is 0 Å². The Labute approximate surface area is 277 Å². The average molecular weight is 634 g/mol. The van der Waals surface area contributed by atoms with Gasteiger partial charge in [0.15, 0.2) is 0 Å². The van der Waals surface area contributed by atoms with Gasteiger partial charge in [-0.05, 0) is 70.3 Å². The molecule has 0 N–H and O–H groups in total. The van der Waals surface area contributed by atoms with Gasteiger partial charge in [-0.2, -0.15) is 0 Å². The molecule has 2 aliphatic carbocycles. The summed E-state index contributed by atoms with van der Waals surface area (Å²) in [6, 6.07) is 33.2. The smallest absolute Gasteiger partial charge is 0.0737 e. The standard InChI is InChI=1S/C42H23N3S2/c1-2-19-43-29(9-1)27-7-3-5-25-26-6-4-8-28(42(26)47-41(25)27)30-21-24(18-20-44-30)45-31-14-10-22-12-16-33-39-35(22)37(31)38-32(45)15-11-23-13-17-34(46-33)40(39)36(23)38/h1-10,12-21,33H,11H2. The SMILES string of the molecule is C1=CC2Sc3ccc4c5c3c2c2c1ccc1c2c5c(n1-c1ccnc(-c2cccc3c2sc2c(-c5ccccn5)cccc23)c1)=CC4. The van der Waals surface area contributed by atoms with Gasteiger partial charge in [0.2, 0.25) is 0 Å². The number of thiophene rings is 1. The first-order chi connectivity index (χ1) is 23.3. The van der Waals surface area contributed by atoms with Crippen LogP contribution in [-0.2, 0) is 6.42 Å². The van der Waals surface area contributed by atoms with Crippen molar-refractivity contribution in [1.29, 1.82) is 0 Å². The molecule has 0 amide bonds. The van der Waals surface area contributed by atoms with E-state index in [0.29, 0.717) is 5.25 Å². The maximum atomic E-state index is 5.00. The maximum Gasteiger partial charge on any atom is 0.0737 e. The number of hydrogen-bond donors (Lipinski definition) is 0. The van der Waals surface area contributed by atoms with E-state index in [4.69, 9.17) is 4.98 Å². The van der Waals surface area contributed by atoms with Crippen LogP contribution in [-0.4, -0.2) is 14.5 Å². The van der Waals surface area contributed by atoms with Gasteiger partial charge in [-0.25, -0.2) is 0 Å². The molecular weight excluding hydrogens is 611 g/mol. The molecule has 1 aliphatic heterocycles. The van der Waals surface area contributed by atoms with Gasteiger partial charge in [0, 0.05) is 70.4 Å². The van der Waals surface area contributed by atoms with E-state index in [1.165, 1.54) is 90.7 Å². The van der Waals surface area contributed by atoms with Crippen LogP contribution in [0.15, 0.2) is 114 Å². The van der Waals surface area contributed by atoms with Crippen LogP contribution < -0.4 is 5.35 Å². The van der Waals surface area contributed by atoms with E-state index in [9.17, 15) is 0 Å². The van der Waals surface area contributed by atoms with E-state index in [2.05, 4.69) is 113 Å². The second-order valence-electron chi connectivity index (χ2n) is 12.8. The van der Waals surface area contributed by atoms with Crippen molar-refractivity contribution in [3.05, 3.63) is 132 Å². The molecule has 0 saturated carbocycles. The Morgan fingerprint density at radius 2 is 1.53 bits per heavy atom. The van der Waals surface area contributed by atoms with Crippen LogP contribution in [0.2, 0.25) is 0 Å². The first kappa shape index (κ1) is 24.9. The Balaban J connectivity index is 1.13. The number of fused-ring (bicyclic) bond motifs is 3. The zero-order valence-electron chi connectivity index (χ0n) is 25.0. The minimum absolute atomic E-state index is 0.396. The van der Waals surface area contributed by atoms with Crippen LogP contribution >= 0.6 is 23.1 Å². The number of aromatic nitrogens is 3. The molecule has 3 aliphatic rings. The highest BCUT2D eigenvalue weighted by Gasteiger charge is 2.34. The van der Waals surface area contributed by atoms with Crippen LogP contribution in [0.1, 0.15) is 21.9 Å². The van der Waals surface area contributed by atoms with E-state index >= 15 is 0 Å². The van der Waals surface area contributed by atoms with E-state index < -0.39 is 0 Å². The molecule has 0 bridgehead atoms. The first-order valence-corrected chi connectivity index (χ1v) is 17.8. The van der Waals surface area contributed by atoms with Crippen LogP contribution in [0.3, 0.4) is 0 Å². The molecular formula is C42H23N3S2. The number of rotatable bonds is 3. The molecule has 0 spiro atoms. The summed E-state index contributed by atoms with van der Waals surface area (Å²) in [5, 5.41) is 11.5. The van der Waals surface area contributed by atoms with Crippen LogP contribution in [0.5, 0.6) is 0 Å². The van der Waals surface area contributed by atoms with Crippen LogP contribution in [0.25, 0.3) is 93.0 Å². The van der Waals surface area contributed by atoms with Crippen LogP contribution in [0.4, 0.5) is 0 Å². The van der Waals surface area contributed by atoms with Gasteiger partial charge < -0.3 is 4.57 Å². The molecule has 12 rings (SSSR count). The molecule has 9 aromatic rings. The lowest BCUT2D eigenvalue weighted by Crippen LogP contribution is -2.17. The molecule has 5 heteroatoms. The highest BCUT2D eigenvalue weighted by molar-refractivity contribution is 8.00. The molecule has 0 fully saturated rings. The Kier molecular flexibility index (Phi) is 4.65. The van der Waals surface area contributed by atoms with Gasteiger partial charge in [0.25, 0.3) is 0 Å². The Morgan fingerprint density at radius 3 is 2.38 bits per heavy atom. The summed E-state index contributed by atoms with van der Waals surface area (Å²) in [6.07, 6.45) is 12.0. The quantitative estimate of drug-likeness (QED) is 0.181. The summed E-state index contributed by atoms with van der Waals surface area (Å²) >= 11 is 3.86. The third-order valence-electron chi connectivity index (χ3n) is 10.5. The molecule has 0 radical (unpaired) electrons. The highest BCUT2D eigenvalue weighted by Crippen LogP contribution is 2.57. The molecule has 1 unspecified atom stereocenters. The van der Waals surface area contributed by atoms with Gasteiger partial charge in [-0.15, -0.1) is 23.1 Å². The Morgan fingerprint density at radius 1 is 0.681 bits per heavy atom. The Bertz CT molecular complexity index is 2970. The summed E-state index contributed by atoms with van der Waals surface area (Å²) in [7, 11) is 0. The van der Waals surface area contributed by atoms with Crippen molar-refractivity contribution in [3.63, 3.8) is 0 Å². The van der Waals surface area contributed by atoms with Gasteiger partial charge in [-0.1, -0.05) is 72.8 Å². The second-order valence-corrected chi connectivity index (χ2v) is 15.0. The number of benzene rings is 5. The molecule has 218 valence electrons. The summed E-state index contributed by atoms with van der Waals surface area (Å²) in [4.78, 5) is 11.1. The first-order valence-electron chi connectivity index (χ1n) is 16.1. The van der Waals surface area contributed by atoms with Gasteiger partial charge >= 0.3 is 0 Å². The molecule has 1 atom stereocenters. The fourth-order valence-corrected chi connectivity index (χ4v) is 11.2. The van der Waals surface area contributed by atoms with E-state index in [1.54, 1.807) is 0 Å². The summed E-state index contributed by atoms with van der Waals surface area (Å²) in [5.74, 6) is 0. The molecule has 5 heterocycles. The molecule has 4 aromatic heterocycles. The number of nitrogens with zero attached hydrogens (tertiary/aromatic N) is 3. The normalized spacial score (nSPS) is 15.8. The lowest BCUT2D eigenvalue weighted by atomic mass is 9.84. The third kappa shape index (κ3) is 3.09. The van der Waals surface area contributed by atoms with Crippen molar-refractivity contribution in [2.75, 3.05) is 0 Å². The van der Waals surface area contributed by atoms with Gasteiger partial charge in [0.1, 0.15) is 0 Å². The summed E-state index contributed by atoms with van der Waals surface area (Å²) in [5.41, 5.74) is 11.1. The van der Waals surface area contributed by atoms with Crippen LogP contribution in [0, 0.1) is 0 Å². The second kappa shape index (κ2) is 8.77. The topological polar surface area (TPSA) is 30.7 Å². The van der Waals surface area contributed by atoms with E-state index in [1.807, 2.05) is 41.6 Å². The monoisotopic (exact) mass is 633 g/mol. The van der Waals surface area contributed by atoms with Gasteiger partial charge in [-0.3, -0.25) is 9.97 Å². The van der Waals surface area contributed by atoms with Crippen molar-refractivity contribution >= 4 is 87.9 Å². The molecule has 3 nitrogen and oxygen atoms in total. The van der Waals surface area contributed by atoms with Gasteiger partial charge in [0.05, 0.1) is 27.5 Å². The van der Waals surface area contributed by atoms with Crippen molar-refractivity contribution in [1.82, 2.24) is 14.5 Å². The van der Waals surface area contributed by atoms with E-state index in [0.717, 1.165) is 23.5 Å². The highest BCUT2D eigenvalue weighted by atomic mass is 32.2. The Hall–Kier alpha value is -5.23. The lowest BCUT2D eigenvalue weighted by Gasteiger charge is -2.19. The number of pyridine rings is 2. The lowest BCUT2D eigenvalue weighted by molar-refractivity contribution is 1.07. The van der Waals surface area contributed by atoms with Crippen molar-refractivity contribution in [2.45, 2.75) is 16.6 Å². The minimum Gasteiger partial charge on any atom is -0.309 e. The fraction of sp³-hybridized carbons (Fsp3) is 0.0476. The zero-order valence-corrected chi connectivity index (χ0v) is 26.6. The van der Waals surface area contributed by atoms with Crippen molar-refractivity contribution in [2.24, 2.45) is 0 Å². The fourth-order valence-electron chi connectivity index (χ4n) is 8.61. The average Bonchev–Trinajstić information content (AvgIpc) is 3.82.